The summed E-state index contributed by atoms with van der Waals surface area (Å²) >= 11 is 0. The van der Waals surface area contributed by atoms with Gasteiger partial charge in [0.05, 0.1) is 13.2 Å². The second-order valence-corrected chi connectivity index (χ2v) is 5.47. The number of hydrogen-bond donors (Lipinski definition) is 2. The minimum Gasteiger partial charge on any atom is -0.457 e. The molecule has 1 amide bonds. The van der Waals surface area contributed by atoms with Gasteiger partial charge in [0.25, 0.3) is 0 Å². The molecule has 2 aromatic carbocycles. The lowest BCUT2D eigenvalue weighted by Crippen LogP contribution is -2.34. The topological polar surface area (TPSA) is 59.6 Å². The average molecular weight is 365 g/mol. The van der Waals surface area contributed by atoms with Gasteiger partial charge < -0.3 is 20.1 Å². The van der Waals surface area contributed by atoms with Gasteiger partial charge in [-0.1, -0.05) is 30.3 Å². The number of halogens is 1. The smallest absolute Gasteiger partial charge is 0.234 e. The second kappa shape index (κ2) is 11.5. The summed E-state index contributed by atoms with van der Waals surface area (Å²) in [7, 11) is 1.63. The number of nitrogens with one attached hydrogen (secondary N) is 2. The number of para-hydroxylation sites is 1. The molecule has 2 rings (SSSR count). The Balaban J connectivity index is 0.00000312. The molecule has 136 valence electrons. The summed E-state index contributed by atoms with van der Waals surface area (Å²) in [6, 6.07) is 15.6. The fourth-order valence-corrected chi connectivity index (χ4v) is 2.19. The molecule has 2 N–H and O–H groups in total. The highest BCUT2D eigenvalue weighted by molar-refractivity contribution is 5.85. The van der Waals surface area contributed by atoms with Crippen LogP contribution in [0.2, 0.25) is 0 Å². The van der Waals surface area contributed by atoms with E-state index < -0.39 is 0 Å². The first kappa shape index (κ1) is 21.0. The third kappa shape index (κ3) is 7.56. The molecule has 2 aromatic rings. The van der Waals surface area contributed by atoms with Crippen LogP contribution >= 0.6 is 12.4 Å². The molecule has 0 heterocycles. The third-order valence-electron chi connectivity index (χ3n) is 3.43. The highest BCUT2D eigenvalue weighted by Gasteiger charge is 2.07. The summed E-state index contributed by atoms with van der Waals surface area (Å²) in [5.74, 6) is 1.47. The van der Waals surface area contributed by atoms with Crippen LogP contribution in [0.15, 0.2) is 48.5 Å². The molecule has 0 aliphatic carbocycles. The van der Waals surface area contributed by atoms with Crippen molar-refractivity contribution in [2.75, 3.05) is 26.8 Å². The molecule has 0 saturated heterocycles. The van der Waals surface area contributed by atoms with Crippen molar-refractivity contribution in [3.63, 3.8) is 0 Å². The molecular weight excluding hydrogens is 340 g/mol. The molecule has 0 radical (unpaired) electrons. The Kier molecular flexibility index (Phi) is 9.62. The van der Waals surface area contributed by atoms with Crippen LogP contribution in [0, 0.1) is 6.92 Å². The van der Waals surface area contributed by atoms with Crippen LogP contribution in [0.1, 0.15) is 11.1 Å². The zero-order chi connectivity index (χ0) is 17.2. The highest BCUT2D eigenvalue weighted by Crippen LogP contribution is 2.25. The number of carbonyl (C=O) groups excluding carboxylic acids is 1. The van der Waals surface area contributed by atoms with Crippen LogP contribution in [0.3, 0.4) is 0 Å². The van der Waals surface area contributed by atoms with E-state index in [9.17, 15) is 4.79 Å². The van der Waals surface area contributed by atoms with Crippen molar-refractivity contribution in [3.8, 4) is 11.5 Å². The van der Waals surface area contributed by atoms with Crippen molar-refractivity contribution in [2.45, 2.75) is 13.5 Å². The van der Waals surface area contributed by atoms with Crippen molar-refractivity contribution in [3.05, 3.63) is 59.7 Å². The number of hydrogen-bond acceptors (Lipinski definition) is 4. The molecule has 0 fully saturated rings. The highest BCUT2D eigenvalue weighted by atomic mass is 35.5. The number of amides is 1. The number of methoxy groups -OCH3 is 1. The maximum atomic E-state index is 11.8. The van der Waals surface area contributed by atoms with E-state index in [0.717, 1.165) is 22.6 Å². The minimum absolute atomic E-state index is 0. The fourth-order valence-electron chi connectivity index (χ4n) is 2.19. The summed E-state index contributed by atoms with van der Waals surface area (Å²) in [6.45, 7) is 3.95. The number of aryl methyl sites for hydroxylation is 1. The van der Waals surface area contributed by atoms with Gasteiger partial charge in [0.1, 0.15) is 11.5 Å². The maximum Gasteiger partial charge on any atom is 0.234 e. The Morgan fingerprint density at radius 3 is 2.68 bits per heavy atom. The summed E-state index contributed by atoms with van der Waals surface area (Å²) < 4.78 is 10.9. The molecule has 0 aromatic heterocycles. The van der Waals surface area contributed by atoms with Crippen LogP contribution in [0.5, 0.6) is 11.5 Å². The predicted octanol–water partition coefficient (Wildman–Crippen LogP) is 3.06. The van der Waals surface area contributed by atoms with Gasteiger partial charge in [-0.05, 0) is 30.7 Å². The Hall–Kier alpha value is -2.08. The zero-order valence-electron chi connectivity index (χ0n) is 14.6. The first-order valence-corrected chi connectivity index (χ1v) is 7.98. The lowest BCUT2D eigenvalue weighted by atomic mass is 10.2. The standard InChI is InChI=1S/C19H24N2O3.ClH/c1-15-6-5-8-17(12-15)24-18-9-4-3-7-16(18)13-21-19(22)14-20-10-11-23-2;/h3-9,12,20H,10-11,13-14H2,1-2H3,(H,21,22);1H. The van der Waals surface area contributed by atoms with Crippen molar-refractivity contribution in [1.82, 2.24) is 10.6 Å². The van der Waals surface area contributed by atoms with E-state index in [0.29, 0.717) is 19.7 Å². The lowest BCUT2D eigenvalue weighted by molar-refractivity contribution is -0.120. The van der Waals surface area contributed by atoms with Crippen molar-refractivity contribution in [1.29, 1.82) is 0 Å². The lowest BCUT2D eigenvalue weighted by Gasteiger charge is -2.12. The molecule has 0 aliphatic heterocycles. The van der Waals surface area contributed by atoms with E-state index >= 15 is 0 Å². The van der Waals surface area contributed by atoms with Crippen LogP contribution in [-0.2, 0) is 16.1 Å². The van der Waals surface area contributed by atoms with Crippen molar-refractivity contribution >= 4 is 18.3 Å². The van der Waals surface area contributed by atoms with Gasteiger partial charge >= 0.3 is 0 Å². The van der Waals surface area contributed by atoms with E-state index in [1.807, 2.05) is 55.5 Å². The monoisotopic (exact) mass is 364 g/mol. The summed E-state index contributed by atoms with van der Waals surface area (Å²) in [5.41, 5.74) is 2.07. The first-order valence-electron chi connectivity index (χ1n) is 7.98. The number of carbonyl (C=O) groups is 1. The number of ether oxygens (including phenoxy) is 2. The normalized spacial score (nSPS) is 10.0. The van der Waals surface area contributed by atoms with Gasteiger partial charge in [0.15, 0.2) is 0 Å². The van der Waals surface area contributed by atoms with Gasteiger partial charge in [-0.25, -0.2) is 0 Å². The molecule has 5 nitrogen and oxygen atoms in total. The zero-order valence-corrected chi connectivity index (χ0v) is 15.4. The van der Waals surface area contributed by atoms with Crippen molar-refractivity contribution in [2.24, 2.45) is 0 Å². The quantitative estimate of drug-likeness (QED) is 0.671. The first-order chi connectivity index (χ1) is 11.7. The van der Waals surface area contributed by atoms with Crippen LogP contribution < -0.4 is 15.4 Å². The Morgan fingerprint density at radius 2 is 1.92 bits per heavy atom. The SMILES string of the molecule is COCCNCC(=O)NCc1ccccc1Oc1cccc(C)c1.Cl. The summed E-state index contributed by atoms with van der Waals surface area (Å²) in [5, 5.41) is 5.91. The van der Waals surface area contributed by atoms with Crippen LogP contribution in [-0.4, -0.2) is 32.7 Å². The van der Waals surface area contributed by atoms with E-state index in [2.05, 4.69) is 10.6 Å². The van der Waals surface area contributed by atoms with Crippen molar-refractivity contribution < 1.29 is 14.3 Å². The van der Waals surface area contributed by atoms with Crippen LogP contribution in [0.4, 0.5) is 0 Å². The Bertz CT molecular complexity index is 665. The summed E-state index contributed by atoms with van der Waals surface area (Å²) in [4.78, 5) is 11.8. The maximum absolute atomic E-state index is 11.8. The average Bonchev–Trinajstić information content (AvgIpc) is 2.58. The molecule has 0 saturated carbocycles. The van der Waals surface area contributed by atoms with Gasteiger partial charge in [-0.15, -0.1) is 12.4 Å². The molecule has 0 unspecified atom stereocenters. The molecule has 6 heteroatoms. The largest absolute Gasteiger partial charge is 0.457 e. The molecule has 25 heavy (non-hydrogen) atoms. The Morgan fingerprint density at radius 1 is 1.12 bits per heavy atom. The third-order valence-corrected chi connectivity index (χ3v) is 3.43. The predicted molar refractivity (Wildman–Crippen MR) is 102 cm³/mol. The van der Waals surface area contributed by atoms with E-state index in [1.54, 1.807) is 7.11 Å². The molecule has 0 bridgehead atoms. The van der Waals surface area contributed by atoms with Gasteiger partial charge in [0, 0.05) is 25.8 Å². The fraction of sp³-hybridized carbons (Fsp3) is 0.316. The second-order valence-electron chi connectivity index (χ2n) is 5.47. The Labute approximate surface area is 155 Å². The van der Waals surface area contributed by atoms with E-state index in [4.69, 9.17) is 9.47 Å². The van der Waals surface area contributed by atoms with Gasteiger partial charge in [0.2, 0.25) is 5.91 Å². The summed E-state index contributed by atoms with van der Waals surface area (Å²) in [6.07, 6.45) is 0. The number of benzene rings is 2. The molecule has 0 atom stereocenters. The molecule has 0 aliphatic rings. The molecular formula is C19H25ClN2O3. The van der Waals surface area contributed by atoms with Gasteiger partial charge in [-0.3, -0.25) is 4.79 Å². The minimum atomic E-state index is -0.0588. The number of rotatable bonds is 9. The van der Waals surface area contributed by atoms with E-state index in [-0.39, 0.29) is 24.9 Å². The molecule has 0 spiro atoms. The van der Waals surface area contributed by atoms with E-state index in [1.165, 1.54) is 0 Å². The van der Waals surface area contributed by atoms with Crippen LogP contribution in [0.25, 0.3) is 0 Å². The van der Waals surface area contributed by atoms with Gasteiger partial charge in [-0.2, -0.15) is 0 Å².